The van der Waals surface area contributed by atoms with Crippen LogP contribution < -0.4 is 10.2 Å². The van der Waals surface area contributed by atoms with Gasteiger partial charge in [0.2, 0.25) is 0 Å². The number of nitrogens with zero attached hydrogens (tertiary/aromatic N) is 2. The molecule has 2 unspecified atom stereocenters. The van der Waals surface area contributed by atoms with Crippen molar-refractivity contribution in [3.8, 4) is 0 Å². The lowest BCUT2D eigenvalue weighted by atomic mass is 9.99. The SMILES string of the molecule is CC(C)CC1CN(c2cccc3ccncc23)C(C)CN1. The molecule has 0 spiro atoms. The second kappa shape index (κ2) is 6.02. The van der Waals surface area contributed by atoms with Gasteiger partial charge in [-0.25, -0.2) is 0 Å². The van der Waals surface area contributed by atoms with Gasteiger partial charge in [-0.2, -0.15) is 0 Å². The number of hydrogen-bond donors (Lipinski definition) is 1. The lowest BCUT2D eigenvalue weighted by molar-refractivity contribution is 0.356. The van der Waals surface area contributed by atoms with E-state index in [1.165, 1.54) is 22.9 Å². The standard InChI is InChI=1S/C18H25N3/c1-13(2)9-16-12-21(14(3)10-20-16)18-6-4-5-15-7-8-19-11-17(15)18/h4-8,11,13-14,16,20H,9-10,12H2,1-3H3. The van der Waals surface area contributed by atoms with E-state index in [9.17, 15) is 0 Å². The van der Waals surface area contributed by atoms with Gasteiger partial charge in [-0.05, 0) is 36.8 Å². The van der Waals surface area contributed by atoms with E-state index < -0.39 is 0 Å². The first-order chi connectivity index (χ1) is 10.1. The number of pyridine rings is 1. The molecule has 3 nitrogen and oxygen atoms in total. The van der Waals surface area contributed by atoms with Crippen LogP contribution in [0.1, 0.15) is 27.2 Å². The molecule has 21 heavy (non-hydrogen) atoms. The van der Waals surface area contributed by atoms with E-state index in [-0.39, 0.29) is 0 Å². The first-order valence-electron chi connectivity index (χ1n) is 7.98. The van der Waals surface area contributed by atoms with Crippen LogP contribution in [0.2, 0.25) is 0 Å². The van der Waals surface area contributed by atoms with Gasteiger partial charge in [0.25, 0.3) is 0 Å². The number of piperazine rings is 1. The van der Waals surface area contributed by atoms with Crippen molar-refractivity contribution in [2.45, 2.75) is 39.3 Å². The average Bonchev–Trinajstić information content (AvgIpc) is 2.48. The van der Waals surface area contributed by atoms with Crippen molar-refractivity contribution in [3.05, 3.63) is 36.7 Å². The Bertz CT molecular complexity index is 603. The van der Waals surface area contributed by atoms with Gasteiger partial charge >= 0.3 is 0 Å². The molecule has 1 aromatic carbocycles. The van der Waals surface area contributed by atoms with E-state index in [1.807, 2.05) is 12.4 Å². The summed E-state index contributed by atoms with van der Waals surface area (Å²) in [4.78, 5) is 6.87. The fourth-order valence-corrected chi connectivity index (χ4v) is 3.34. The van der Waals surface area contributed by atoms with Crippen molar-refractivity contribution in [1.82, 2.24) is 10.3 Å². The molecule has 1 fully saturated rings. The number of nitrogens with one attached hydrogen (secondary N) is 1. The monoisotopic (exact) mass is 283 g/mol. The largest absolute Gasteiger partial charge is 0.365 e. The molecule has 112 valence electrons. The lowest BCUT2D eigenvalue weighted by Crippen LogP contribution is -2.56. The molecule has 0 saturated carbocycles. The number of aromatic nitrogens is 1. The summed E-state index contributed by atoms with van der Waals surface area (Å²) in [6.07, 6.45) is 5.10. The summed E-state index contributed by atoms with van der Waals surface area (Å²) in [5.74, 6) is 0.729. The van der Waals surface area contributed by atoms with E-state index in [4.69, 9.17) is 0 Å². The predicted octanol–water partition coefficient (Wildman–Crippen LogP) is 3.45. The lowest BCUT2D eigenvalue weighted by Gasteiger charge is -2.41. The highest BCUT2D eigenvalue weighted by molar-refractivity contribution is 5.93. The van der Waals surface area contributed by atoms with Gasteiger partial charge in [0.15, 0.2) is 0 Å². The Kier molecular flexibility index (Phi) is 4.11. The summed E-state index contributed by atoms with van der Waals surface area (Å²) >= 11 is 0. The highest BCUT2D eigenvalue weighted by atomic mass is 15.2. The van der Waals surface area contributed by atoms with Crippen LogP contribution in [0.5, 0.6) is 0 Å². The number of benzene rings is 1. The smallest absolute Gasteiger partial charge is 0.0464 e. The van der Waals surface area contributed by atoms with Crippen molar-refractivity contribution < 1.29 is 0 Å². The van der Waals surface area contributed by atoms with Crippen LogP contribution in [-0.4, -0.2) is 30.2 Å². The number of anilines is 1. The summed E-state index contributed by atoms with van der Waals surface area (Å²) < 4.78 is 0. The third-order valence-corrected chi connectivity index (χ3v) is 4.38. The maximum atomic E-state index is 4.32. The molecule has 0 amide bonds. The molecule has 1 saturated heterocycles. The van der Waals surface area contributed by atoms with Gasteiger partial charge in [-0.15, -0.1) is 0 Å². The van der Waals surface area contributed by atoms with Crippen molar-refractivity contribution in [2.24, 2.45) is 5.92 Å². The van der Waals surface area contributed by atoms with Crippen LogP contribution in [0.3, 0.4) is 0 Å². The quantitative estimate of drug-likeness (QED) is 0.935. The van der Waals surface area contributed by atoms with Crippen LogP contribution in [0, 0.1) is 5.92 Å². The molecular formula is C18H25N3. The molecule has 0 aliphatic carbocycles. The maximum Gasteiger partial charge on any atom is 0.0464 e. The summed E-state index contributed by atoms with van der Waals surface area (Å²) in [5, 5.41) is 6.22. The van der Waals surface area contributed by atoms with Gasteiger partial charge in [-0.1, -0.05) is 26.0 Å². The first-order valence-corrected chi connectivity index (χ1v) is 7.98. The second-order valence-corrected chi connectivity index (χ2v) is 6.61. The van der Waals surface area contributed by atoms with Crippen LogP contribution in [0.4, 0.5) is 5.69 Å². The van der Waals surface area contributed by atoms with Crippen LogP contribution in [0.15, 0.2) is 36.7 Å². The van der Waals surface area contributed by atoms with Crippen molar-refractivity contribution in [3.63, 3.8) is 0 Å². The van der Waals surface area contributed by atoms with Crippen molar-refractivity contribution >= 4 is 16.5 Å². The first kappa shape index (κ1) is 14.3. The summed E-state index contributed by atoms with van der Waals surface area (Å²) in [7, 11) is 0. The van der Waals surface area contributed by atoms with Gasteiger partial charge in [0.1, 0.15) is 0 Å². The minimum atomic E-state index is 0.513. The van der Waals surface area contributed by atoms with E-state index in [0.29, 0.717) is 12.1 Å². The van der Waals surface area contributed by atoms with Gasteiger partial charge in [0.05, 0.1) is 0 Å². The minimum Gasteiger partial charge on any atom is -0.365 e. The fourth-order valence-electron chi connectivity index (χ4n) is 3.34. The number of fused-ring (bicyclic) bond motifs is 1. The Morgan fingerprint density at radius 3 is 3.00 bits per heavy atom. The van der Waals surface area contributed by atoms with Gasteiger partial charge in [-0.3, -0.25) is 4.98 Å². The van der Waals surface area contributed by atoms with Gasteiger partial charge in [0, 0.05) is 48.6 Å². The number of hydrogen-bond acceptors (Lipinski definition) is 3. The molecule has 0 bridgehead atoms. The van der Waals surface area contributed by atoms with Crippen molar-refractivity contribution in [2.75, 3.05) is 18.0 Å². The Balaban J connectivity index is 1.92. The molecular weight excluding hydrogens is 258 g/mol. The Hall–Kier alpha value is -1.61. The zero-order chi connectivity index (χ0) is 14.8. The number of rotatable bonds is 3. The highest BCUT2D eigenvalue weighted by Crippen LogP contribution is 2.29. The second-order valence-electron chi connectivity index (χ2n) is 6.61. The van der Waals surface area contributed by atoms with Crippen LogP contribution in [0.25, 0.3) is 10.8 Å². The molecule has 2 heterocycles. The zero-order valence-corrected chi connectivity index (χ0v) is 13.2. The third-order valence-electron chi connectivity index (χ3n) is 4.38. The highest BCUT2D eigenvalue weighted by Gasteiger charge is 2.26. The molecule has 3 heteroatoms. The van der Waals surface area contributed by atoms with Gasteiger partial charge < -0.3 is 10.2 Å². The van der Waals surface area contributed by atoms with E-state index >= 15 is 0 Å². The molecule has 3 rings (SSSR count). The topological polar surface area (TPSA) is 28.2 Å². The summed E-state index contributed by atoms with van der Waals surface area (Å²) in [5.41, 5.74) is 1.32. The summed E-state index contributed by atoms with van der Waals surface area (Å²) in [6, 6.07) is 9.74. The van der Waals surface area contributed by atoms with E-state index in [1.54, 1.807) is 0 Å². The maximum absolute atomic E-state index is 4.32. The summed E-state index contributed by atoms with van der Waals surface area (Å²) in [6.45, 7) is 9.02. The molecule has 2 atom stereocenters. The predicted molar refractivity (Wildman–Crippen MR) is 89.8 cm³/mol. The minimum absolute atomic E-state index is 0.513. The fraction of sp³-hybridized carbons (Fsp3) is 0.500. The van der Waals surface area contributed by atoms with Crippen LogP contribution in [-0.2, 0) is 0 Å². The third kappa shape index (κ3) is 3.03. The Morgan fingerprint density at radius 1 is 1.33 bits per heavy atom. The zero-order valence-electron chi connectivity index (χ0n) is 13.2. The molecule has 2 aromatic rings. The molecule has 1 aromatic heterocycles. The average molecular weight is 283 g/mol. The Labute approximate surface area is 127 Å². The Morgan fingerprint density at radius 2 is 2.19 bits per heavy atom. The molecule has 1 N–H and O–H groups in total. The molecule has 1 aliphatic rings. The molecule has 1 aliphatic heterocycles. The van der Waals surface area contributed by atoms with E-state index in [2.05, 4.69) is 60.2 Å². The molecule has 0 radical (unpaired) electrons. The normalized spacial score (nSPS) is 23.0. The van der Waals surface area contributed by atoms with Crippen molar-refractivity contribution in [1.29, 1.82) is 0 Å². The van der Waals surface area contributed by atoms with Crippen LogP contribution >= 0.6 is 0 Å². The van der Waals surface area contributed by atoms with E-state index in [0.717, 1.165) is 19.0 Å².